The summed E-state index contributed by atoms with van der Waals surface area (Å²) in [6.45, 7) is 3.73. The number of rotatable bonds is 4. The van der Waals surface area contributed by atoms with Crippen molar-refractivity contribution in [3.8, 4) is 0 Å². The minimum absolute atomic E-state index is 0.0813. The van der Waals surface area contributed by atoms with Gasteiger partial charge in [0.2, 0.25) is 5.91 Å². The first-order valence-corrected chi connectivity index (χ1v) is 9.59. The van der Waals surface area contributed by atoms with Gasteiger partial charge in [-0.1, -0.05) is 0 Å². The number of amides is 1. The van der Waals surface area contributed by atoms with Crippen molar-refractivity contribution < 1.29 is 13.2 Å². The van der Waals surface area contributed by atoms with Gasteiger partial charge < -0.3 is 0 Å². The van der Waals surface area contributed by atoms with E-state index in [0.717, 1.165) is 11.3 Å². The molecule has 0 spiro atoms. The maximum absolute atomic E-state index is 12.1. The third kappa shape index (κ3) is 2.88. The molecular formula is C13H14N2O3S3. The maximum atomic E-state index is 12.1. The molecule has 1 aliphatic carbocycles. The van der Waals surface area contributed by atoms with Crippen molar-refractivity contribution in [2.45, 2.75) is 30.4 Å². The molecule has 2 aromatic heterocycles. The van der Waals surface area contributed by atoms with E-state index in [2.05, 4.69) is 9.71 Å². The largest absolute Gasteiger partial charge is 0.275 e. The third-order valence-corrected chi connectivity index (χ3v) is 7.34. The molecule has 1 amide bonds. The lowest BCUT2D eigenvalue weighted by atomic mass is 10.2. The molecule has 1 N–H and O–H groups in total. The molecule has 1 aliphatic rings. The van der Waals surface area contributed by atoms with Crippen LogP contribution in [-0.2, 0) is 14.8 Å². The number of nitrogens with zero attached hydrogens (tertiary/aromatic N) is 1. The van der Waals surface area contributed by atoms with E-state index in [1.165, 1.54) is 16.6 Å². The zero-order valence-corrected chi connectivity index (χ0v) is 13.9. The number of thiazole rings is 1. The van der Waals surface area contributed by atoms with E-state index in [-0.39, 0.29) is 16.0 Å². The van der Waals surface area contributed by atoms with Crippen LogP contribution < -0.4 is 4.72 Å². The predicted molar refractivity (Wildman–Crippen MR) is 82.1 cm³/mol. The monoisotopic (exact) mass is 342 g/mol. The fraction of sp³-hybridized carbons (Fsp3) is 0.385. The number of thiophene rings is 1. The molecular weight excluding hydrogens is 328 g/mol. The highest BCUT2D eigenvalue weighted by Crippen LogP contribution is 2.50. The van der Waals surface area contributed by atoms with E-state index in [1.807, 2.05) is 18.4 Å². The Morgan fingerprint density at radius 1 is 1.43 bits per heavy atom. The molecule has 3 rings (SSSR count). The average Bonchev–Trinajstić information content (AvgIpc) is 2.88. The van der Waals surface area contributed by atoms with Crippen LogP contribution in [0.25, 0.3) is 0 Å². The smallest absolute Gasteiger partial charge is 0.274 e. The third-order valence-electron chi connectivity index (χ3n) is 3.47. The number of aryl methyl sites for hydroxylation is 2. The van der Waals surface area contributed by atoms with E-state index < -0.39 is 15.9 Å². The summed E-state index contributed by atoms with van der Waals surface area (Å²) in [5, 5.41) is 2.65. The minimum Gasteiger partial charge on any atom is -0.274 e. The van der Waals surface area contributed by atoms with Crippen molar-refractivity contribution in [3.05, 3.63) is 33.1 Å². The number of carbonyl (C=O) groups excluding carboxylic acids is 1. The van der Waals surface area contributed by atoms with E-state index >= 15 is 0 Å². The van der Waals surface area contributed by atoms with Crippen LogP contribution in [0.3, 0.4) is 0 Å². The molecule has 2 atom stereocenters. The molecule has 8 heteroatoms. The zero-order valence-electron chi connectivity index (χ0n) is 11.5. The Labute approximate surface area is 131 Å². The van der Waals surface area contributed by atoms with E-state index in [0.29, 0.717) is 11.4 Å². The van der Waals surface area contributed by atoms with Gasteiger partial charge in [-0.05, 0) is 37.3 Å². The molecule has 0 aromatic carbocycles. The van der Waals surface area contributed by atoms with E-state index in [9.17, 15) is 13.2 Å². The first-order valence-electron chi connectivity index (χ1n) is 6.41. The van der Waals surface area contributed by atoms with Gasteiger partial charge in [0.1, 0.15) is 0 Å². The molecule has 2 heterocycles. The van der Waals surface area contributed by atoms with Gasteiger partial charge in [-0.15, -0.1) is 22.7 Å². The summed E-state index contributed by atoms with van der Waals surface area (Å²) in [5.74, 6) is -0.506. The Balaban J connectivity index is 1.70. The van der Waals surface area contributed by atoms with Crippen LogP contribution in [0.5, 0.6) is 0 Å². The summed E-state index contributed by atoms with van der Waals surface area (Å²) in [4.78, 5) is 17.2. The summed E-state index contributed by atoms with van der Waals surface area (Å²) in [5.41, 5.74) is 1.17. The fourth-order valence-electron chi connectivity index (χ4n) is 2.26. The van der Waals surface area contributed by atoms with Crippen LogP contribution in [0, 0.1) is 19.8 Å². The van der Waals surface area contributed by atoms with Gasteiger partial charge in [0, 0.05) is 16.7 Å². The van der Waals surface area contributed by atoms with Crippen LogP contribution in [0.4, 0.5) is 0 Å². The van der Waals surface area contributed by atoms with Crippen LogP contribution in [0.2, 0.25) is 0 Å². The van der Waals surface area contributed by atoms with Crippen LogP contribution in [0.15, 0.2) is 21.9 Å². The van der Waals surface area contributed by atoms with Crippen molar-refractivity contribution in [2.24, 2.45) is 5.92 Å². The first-order chi connectivity index (χ1) is 9.88. The maximum Gasteiger partial charge on any atom is 0.275 e. The highest BCUT2D eigenvalue weighted by molar-refractivity contribution is 7.92. The SMILES string of the molecule is Cc1ncc(S(=O)(=O)NC(=O)[C@@H]2C[C@@H]2c2sccc2C)s1. The molecule has 1 saturated carbocycles. The molecule has 2 aromatic rings. The number of nitrogens with one attached hydrogen (secondary N) is 1. The first kappa shape index (κ1) is 14.7. The van der Waals surface area contributed by atoms with Gasteiger partial charge >= 0.3 is 0 Å². The molecule has 0 unspecified atom stereocenters. The van der Waals surface area contributed by atoms with Gasteiger partial charge in [-0.3, -0.25) is 4.79 Å². The van der Waals surface area contributed by atoms with Gasteiger partial charge in [0.15, 0.2) is 4.21 Å². The zero-order chi connectivity index (χ0) is 15.2. The lowest BCUT2D eigenvalue weighted by Crippen LogP contribution is -2.31. The number of sulfonamides is 1. The summed E-state index contributed by atoms with van der Waals surface area (Å²) < 4.78 is 26.4. The van der Waals surface area contributed by atoms with Crippen molar-refractivity contribution in [1.82, 2.24) is 9.71 Å². The van der Waals surface area contributed by atoms with Crippen LogP contribution >= 0.6 is 22.7 Å². The van der Waals surface area contributed by atoms with Crippen molar-refractivity contribution in [2.75, 3.05) is 0 Å². The lowest BCUT2D eigenvalue weighted by Gasteiger charge is -2.04. The number of hydrogen-bond acceptors (Lipinski definition) is 6. The van der Waals surface area contributed by atoms with Gasteiger partial charge in [0.25, 0.3) is 10.0 Å². The molecule has 112 valence electrons. The fourth-order valence-corrected chi connectivity index (χ4v) is 5.51. The molecule has 0 bridgehead atoms. The topological polar surface area (TPSA) is 76.1 Å². The summed E-state index contributed by atoms with van der Waals surface area (Å²) in [6, 6.07) is 2.02. The second-order valence-corrected chi connectivity index (χ2v) is 9.18. The molecule has 5 nitrogen and oxygen atoms in total. The normalized spacial score (nSPS) is 21.2. The lowest BCUT2D eigenvalue weighted by molar-refractivity contribution is -0.120. The highest BCUT2D eigenvalue weighted by Gasteiger charge is 2.46. The number of hydrogen-bond donors (Lipinski definition) is 1. The van der Waals surface area contributed by atoms with Crippen molar-refractivity contribution in [3.63, 3.8) is 0 Å². The predicted octanol–water partition coefficient (Wildman–Crippen LogP) is 2.43. The Bertz CT molecular complexity index is 791. The minimum atomic E-state index is -3.79. The Morgan fingerprint density at radius 2 is 2.19 bits per heavy atom. The van der Waals surface area contributed by atoms with E-state index in [4.69, 9.17) is 0 Å². The second-order valence-electron chi connectivity index (χ2n) is 5.08. The average molecular weight is 342 g/mol. The number of aromatic nitrogens is 1. The molecule has 21 heavy (non-hydrogen) atoms. The Hall–Kier alpha value is -1.25. The van der Waals surface area contributed by atoms with Crippen LogP contribution in [-0.4, -0.2) is 19.3 Å². The summed E-state index contributed by atoms with van der Waals surface area (Å²) >= 11 is 2.68. The summed E-state index contributed by atoms with van der Waals surface area (Å²) in [6.07, 6.45) is 1.99. The highest BCUT2D eigenvalue weighted by atomic mass is 32.2. The van der Waals surface area contributed by atoms with Gasteiger partial charge in [-0.2, -0.15) is 0 Å². The molecule has 0 radical (unpaired) electrons. The standard InChI is InChI=1S/C13H14N2O3S3/c1-7-3-4-19-12(7)9-5-10(9)13(16)15-21(17,18)11-6-14-8(2)20-11/h3-4,6,9-10H,5H2,1-2H3,(H,15,16)/t9-,10+/m0/s1. The summed E-state index contributed by atoms with van der Waals surface area (Å²) in [7, 11) is -3.79. The van der Waals surface area contributed by atoms with Crippen LogP contribution in [0.1, 0.15) is 27.8 Å². The van der Waals surface area contributed by atoms with Gasteiger partial charge in [-0.25, -0.2) is 18.1 Å². The Kier molecular flexibility index (Phi) is 3.62. The molecule has 0 aliphatic heterocycles. The molecule has 0 saturated heterocycles. The van der Waals surface area contributed by atoms with E-state index in [1.54, 1.807) is 18.3 Å². The quantitative estimate of drug-likeness (QED) is 0.926. The molecule has 1 fully saturated rings. The van der Waals surface area contributed by atoms with Crippen molar-refractivity contribution >= 4 is 38.6 Å². The Morgan fingerprint density at radius 3 is 2.76 bits per heavy atom. The second kappa shape index (κ2) is 5.19. The van der Waals surface area contributed by atoms with Crippen molar-refractivity contribution in [1.29, 1.82) is 0 Å². The number of carbonyl (C=O) groups is 1. The van der Waals surface area contributed by atoms with Gasteiger partial charge in [0.05, 0.1) is 11.2 Å².